The van der Waals surface area contributed by atoms with Gasteiger partial charge in [-0.05, 0) is 79.0 Å². The van der Waals surface area contributed by atoms with Gasteiger partial charge < -0.3 is 29.9 Å². The van der Waals surface area contributed by atoms with E-state index in [1.54, 1.807) is 18.2 Å². The number of benzene rings is 2. The number of rotatable bonds is 6. The predicted molar refractivity (Wildman–Crippen MR) is 126 cm³/mol. The Labute approximate surface area is 203 Å². The van der Waals surface area contributed by atoms with Crippen molar-refractivity contribution >= 4 is 52.0 Å². The quantitative estimate of drug-likeness (QED) is 0.207. The van der Waals surface area contributed by atoms with Crippen LogP contribution in [-0.2, 0) is 13.1 Å². The molecule has 3 rings (SSSR count). The molecule has 11 heteroatoms. The molecule has 0 aromatic heterocycles. The summed E-state index contributed by atoms with van der Waals surface area (Å²) in [5.41, 5.74) is 1.53. The first-order valence-electron chi connectivity index (χ1n) is 9.30. The topological polar surface area (TPSA) is 125 Å². The van der Waals surface area contributed by atoms with Crippen molar-refractivity contribution in [3.63, 3.8) is 0 Å². The largest absolute Gasteiger partial charge is 0.473 e. The fraction of sp³-hybridized carbons (Fsp3) is 0.286. The van der Waals surface area contributed by atoms with Crippen LogP contribution in [-0.4, -0.2) is 60.4 Å². The molecule has 1 heterocycles. The molecule has 9 nitrogen and oxygen atoms in total. The number of carbonyl (C=O) groups is 3. The van der Waals surface area contributed by atoms with Crippen LogP contribution in [0.25, 0.3) is 0 Å². The maximum absolute atomic E-state index is 12.9. The second kappa shape index (κ2) is 11.3. The molecule has 0 saturated carbocycles. The number of carboxylic acids is 2. The summed E-state index contributed by atoms with van der Waals surface area (Å²) in [5.74, 6) is -2.56. The normalized spacial score (nSPS) is 13.5. The average molecular weight is 577 g/mol. The Morgan fingerprint density at radius 1 is 1.06 bits per heavy atom. The smallest absolute Gasteiger partial charge is 0.414 e. The van der Waals surface area contributed by atoms with E-state index >= 15 is 0 Å². The van der Waals surface area contributed by atoms with Crippen molar-refractivity contribution in [1.82, 2.24) is 10.2 Å². The number of amides is 1. The monoisotopic (exact) mass is 576 g/mol. The third-order valence-electron chi connectivity index (χ3n) is 4.33. The summed E-state index contributed by atoms with van der Waals surface area (Å²) in [7, 11) is 4.02. The highest BCUT2D eigenvalue weighted by atomic mass is 127. The highest BCUT2D eigenvalue weighted by Crippen LogP contribution is 2.36. The summed E-state index contributed by atoms with van der Waals surface area (Å²) < 4.78 is 10.1. The summed E-state index contributed by atoms with van der Waals surface area (Å²) in [5, 5.41) is 18.6. The van der Waals surface area contributed by atoms with Gasteiger partial charge in [-0.2, -0.15) is 0 Å². The summed E-state index contributed by atoms with van der Waals surface area (Å²) >= 11 is 8.33. The number of ether oxygens (including phenoxy) is 2. The third-order valence-corrected chi connectivity index (χ3v) is 6.02. The van der Waals surface area contributed by atoms with E-state index in [-0.39, 0.29) is 12.7 Å². The van der Waals surface area contributed by atoms with E-state index in [0.29, 0.717) is 22.1 Å². The zero-order valence-corrected chi connectivity index (χ0v) is 20.2. The first-order chi connectivity index (χ1) is 15.0. The second-order valence-corrected chi connectivity index (χ2v) is 9.27. The maximum Gasteiger partial charge on any atom is 0.414 e. The van der Waals surface area contributed by atoms with Crippen LogP contribution in [0.4, 0.5) is 0 Å². The lowest BCUT2D eigenvalue weighted by molar-refractivity contribution is -0.159. The average Bonchev–Trinajstić information content (AvgIpc) is 3.21. The number of fused-ring (bicyclic) bond motifs is 1. The van der Waals surface area contributed by atoms with E-state index in [4.69, 9.17) is 40.9 Å². The molecule has 0 spiro atoms. The minimum Gasteiger partial charge on any atom is -0.473 e. The SMILES string of the molecule is CN(C)CCC(I)(NC(=O)c1ccc2c(c1)OCO2)c1ccc(Cl)cc1.O=C(O)C(=O)O. The van der Waals surface area contributed by atoms with Crippen molar-refractivity contribution in [2.24, 2.45) is 0 Å². The Kier molecular flexibility index (Phi) is 9.10. The first-order valence-corrected chi connectivity index (χ1v) is 10.8. The molecule has 0 fully saturated rings. The van der Waals surface area contributed by atoms with E-state index in [1.807, 2.05) is 38.4 Å². The molecule has 0 saturated heterocycles. The van der Waals surface area contributed by atoms with Gasteiger partial charge in [0.25, 0.3) is 5.91 Å². The lowest BCUT2D eigenvalue weighted by atomic mass is 10.0. The second-order valence-electron chi connectivity index (χ2n) is 6.99. The molecule has 1 atom stereocenters. The molecule has 1 aliphatic heterocycles. The molecular formula is C21H22ClIN2O7. The molecule has 1 aliphatic rings. The fourth-order valence-corrected chi connectivity index (χ4v) is 3.63. The maximum atomic E-state index is 12.9. The lowest BCUT2D eigenvalue weighted by Crippen LogP contribution is -2.42. The predicted octanol–water partition coefficient (Wildman–Crippen LogP) is 3.19. The molecular weight excluding hydrogens is 555 g/mol. The Morgan fingerprint density at radius 3 is 2.22 bits per heavy atom. The summed E-state index contributed by atoms with van der Waals surface area (Å²) in [6, 6.07) is 12.8. The van der Waals surface area contributed by atoms with E-state index in [9.17, 15) is 4.79 Å². The van der Waals surface area contributed by atoms with Gasteiger partial charge in [-0.3, -0.25) is 4.79 Å². The van der Waals surface area contributed by atoms with Gasteiger partial charge in [0.05, 0.1) is 0 Å². The van der Waals surface area contributed by atoms with Crippen LogP contribution in [0, 0.1) is 0 Å². The summed E-state index contributed by atoms with van der Waals surface area (Å²) in [4.78, 5) is 33.2. The minimum absolute atomic E-state index is 0.161. The summed E-state index contributed by atoms with van der Waals surface area (Å²) in [6.45, 7) is 1.01. The van der Waals surface area contributed by atoms with Crippen molar-refractivity contribution in [3.8, 4) is 11.5 Å². The number of nitrogens with one attached hydrogen (secondary N) is 1. The number of halogens is 2. The van der Waals surface area contributed by atoms with Crippen molar-refractivity contribution in [3.05, 3.63) is 58.6 Å². The molecule has 2 aromatic rings. The molecule has 32 heavy (non-hydrogen) atoms. The highest BCUT2D eigenvalue weighted by Gasteiger charge is 2.31. The van der Waals surface area contributed by atoms with Gasteiger partial charge in [-0.15, -0.1) is 0 Å². The Bertz CT molecular complexity index is 973. The molecule has 3 N–H and O–H groups in total. The lowest BCUT2D eigenvalue weighted by Gasteiger charge is -2.31. The van der Waals surface area contributed by atoms with Crippen molar-refractivity contribution in [2.75, 3.05) is 27.4 Å². The van der Waals surface area contributed by atoms with Crippen molar-refractivity contribution < 1.29 is 34.1 Å². The van der Waals surface area contributed by atoms with Gasteiger partial charge in [0.2, 0.25) is 6.79 Å². The van der Waals surface area contributed by atoms with Gasteiger partial charge in [-0.25, -0.2) is 9.59 Å². The third kappa shape index (κ3) is 7.24. The van der Waals surface area contributed by atoms with Gasteiger partial charge in [0.15, 0.2) is 11.5 Å². The number of nitrogens with zero attached hydrogens (tertiary/aromatic N) is 1. The van der Waals surface area contributed by atoms with Crippen LogP contribution >= 0.6 is 34.2 Å². The molecule has 0 bridgehead atoms. The Morgan fingerprint density at radius 2 is 1.66 bits per heavy atom. The molecule has 2 aromatic carbocycles. The number of aliphatic carboxylic acids is 2. The zero-order valence-electron chi connectivity index (χ0n) is 17.3. The van der Waals surface area contributed by atoms with Crippen LogP contribution in [0.1, 0.15) is 22.3 Å². The standard InChI is InChI=1S/C19H20ClIN2O3.C2H2O4/c1-23(2)10-9-19(21,14-4-6-15(20)7-5-14)22-18(24)13-3-8-16-17(11-13)26-12-25-16;3-1(4)2(5)6/h3-8,11H,9-10,12H2,1-2H3,(H,22,24);(H,3,4)(H,5,6). The van der Waals surface area contributed by atoms with Crippen LogP contribution in [0.2, 0.25) is 5.02 Å². The molecule has 0 radical (unpaired) electrons. The number of hydrogen-bond acceptors (Lipinski definition) is 6. The van der Waals surface area contributed by atoms with Crippen LogP contribution in [0.15, 0.2) is 42.5 Å². The van der Waals surface area contributed by atoms with Crippen molar-refractivity contribution in [1.29, 1.82) is 0 Å². The Hall–Kier alpha value is -2.57. The molecule has 0 aliphatic carbocycles. The number of carboxylic acid groups (broad SMARTS) is 2. The number of alkyl halides is 1. The van der Waals surface area contributed by atoms with E-state index < -0.39 is 15.5 Å². The van der Waals surface area contributed by atoms with Gasteiger partial charge in [0, 0.05) is 17.1 Å². The van der Waals surface area contributed by atoms with Crippen LogP contribution in [0.5, 0.6) is 11.5 Å². The molecule has 172 valence electrons. The number of carbonyl (C=O) groups excluding carboxylic acids is 1. The molecule has 1 unspecified atom stereocenters. The Balaban J connectivity index is 0.000000534. The van der Waals surface area contributed by atoms with Gasteiger partial charge >= 0.3 is 11.9 Å². The minimum atomic E-state index is -1.82. The van der Waals surface area contributed by atoms with Crippen LogP contribution in [0.3, 0.4) is 0 Å². The highest BCUT2D eigenvalue weighted by molar-refractivity contribution is 14.1. The van der Waals surface area contributed by atoms with E-state index in [1.165, 1.54) is 0 Å². The van der Waals surface area contributed by atoms with Crippen molar-refractivity contribution in [2.45, 2.75) is 9.97 Å². The van der Waals surface area contributed by atoms with Gasteiger partial charge in [-0.1, -0.05) is 23.7 Å². The fourth-order valence-electron chi connectivity index (χ4n) is 2.66. The van der Waals surface area contributed by atoms with Crippen LogP contribution < -0.4 is 14.8 Å². The zero-order chi connectivity index (χ0) is 23.9. The number of hydrogen-bond donors (Lipinski definition) is 3. The van der Waals surface area contributed by atoms with E-state index in [0.717, 1.165) is 18.5 Å². The summed E-state index contributed by atoms with van der Waals surface area (Å²) in [6.07, 6.45) is 0.748. The first kappa shape index (κ1) is 25.7. The molecule has 1 amide bonds. The van der Waals surface area contributed by atoms with E-state index in [2.05, 4.69) is 32.8 Å². The van der Waals surface area contributed by atoms with Gasteiger partial charge in [0.1, 0.15) is 3.55 Å².